The second-order valence-electron chi connectivity index (χ2n) is 3.37. The van der Waals surface area contributed by atoms with Gasteiger partial charge in [0.2, 0.25) is 0 Å². The number of rotatable bonds is 10. The van der Waals surface area contributed by atoms with Gasteiger partial charge in [0.25, 0.3) is 5.97 Å². The molecule has 0 amide bonds. The van der Waals surface area contributed by atoms with E-state index in [4.69, 9.17) is 23.4 Å². The Hall–Kier alpha value is 0.0169. The van der Waals surface area contributed by atoms with Gasteiger partial charge in [0.1, 0.15) is 10.5 Å². The molecule has 0 N–H and O–H groups in total. The van der Waals surface area contributed by atoms with Crippen molar-refractivity contribution in [3.63, 3.8) is 0 Å². The quantitative estimate of drug-likeness (QED) is 0.406. The SMILES string of the molecule is CCOC(CCC(OC)(OC)OC)CO[SiH3]. The van der Waals surface area contributed by atoms with E-state index in [1.807, 2.05) is 6.92 Å². The molecule has 0 aliphatic heterocycles. The summed E-state index contributed by atoms with van der Waals surface area (Å²) in [4.78, 5) is 0. The summed E-state index contributed by atoms with van der Waals surface area (Å²) in [6, 6.07) is 0. The van der Waals surface area contributed by atoms with Crippen LogP contribution in [0.5, 0.6) is 0 Å². The summed E-state index contributed by atoms with van der Waals surface area (Å²) < 4.78 is 26.4. The normalized spacial score (nSPS) is 14.2. The number of methoxy groups -OCH3 is 3. The van der Waals surface area contributed by atoms with E-state index < -0.39 is 5.97 Å². The van der Waals surface area contributed by atoms with E-state index in [2.05, 4.69) is 0 Å². The van der Waals surface area contributed by atoms with Crippen molar-refractivity contribution in [1.82, 2.24) is 0 Å². The number of hydrogen-bond donors (Lipinski definition) is 0. The van der Waals surface area contributed by atoms with Gasteiger partial charge in [0.05, 0.1) is 12.7 Å². The summed E-state index contributed by atoms with van der Waals surface area (Å²) in [5.41, 5.74) is 0. The fourth-order valence-electron chi connectivity index (χ4n) is 1.53. The van der Waals surface area contributed by atoms with Gasteiger partial charge in [-0.3, -0.25) is 0 Å². The van der Waals surface area contributed by atoms with Crippen LogP contribution in [-0.4, -0.2) is 57.1 Å². The molecule has 0 rings (SSSR count). The summed E-state index contributed by atoms with van der Waals surface area (Å²) >= 11 is 0. The summed E-state index contributed by atoms with van der Waals surface area (Å²) in [6.07, 6.45) is 1.44. The van der Waals surface area contributed by atoms with Crippen molar-refractivity contribution in [2.24, 2.45) is 0 Å². The van der Waals surface area contributed by atoms with E-state index in [1.54, 1.807) is 21.3 Å². The van der Waals surface area contributed by atoms with Crippen LogP contribution in [0.4, 0.5) is 0 Å². The highest BCUT2D eigenvalue weighted by atomic mass is 28.2. The topological polar surface area (TPSA) is 46.2 Å². The Labute approximate surface area is 101 Å². The molecule has 5 nitrogen and oxygen atoms in total. The van der Waals surface area contributed by atoms with Gasteiger partial charge in [0.15, 0.2) is 0 Å². The lowest BCUT2D eigenvalue weighted by atomic mass is 10.2. The Balaban J connectivity index is 4.13. The van der Waals surface area contributed by atoms with Crippen LogP contribution in [0, 0.1) is 0 Å². The molecule has 0 aromatic carbocycles. The van der Waals surface area contributed by atoms with E-state index in [9.17, 15) is 0 Å². The third kappa shape index (κ3) is 5.38. The molecule has 0 saturated heterocycles. The Morgan fingerprint density at radius 2 is 1.69 bits per heavy atom. The Morgan fingerprint density at radius 1 is 1.12 bits per heavy atom. The zero-order valence-corrected chi connectivity index (χ0v) is 12.9. The molecule has 0 radical (unpaired) electrons. The first-order valence-electron chi connectivity index (χ1n) is 5.44. The van der Waals surface area contributed by atoms with Gasteiger partial charge in [-0.25, -0.2) is 0 Å². The maximum atomic E-state index is 5.54. The van der Waals surface area contributed by atoms with Crippen molar-refractivity contribution >= 4 is 10.5 Å². The minimum atomic E-state index is -0.972. The molecule has 0 bridgehead atoms. The highest BCUT2D eigenvalue weighted by Gasteiger charge is 2.30. The van der Waals surface area contributed by atoms with Crippen LogP contribution in [-0.2, 0) is 23.4 Å². The van der Waals surface area contributed by atoms with Crippen LogP contribution in [0.1, 0.15) is 19.8 Å². The zero-order chi connectivity index (χ0) is 12.4. The van der Waals surface area contributed by atoms with Crippen LogP contribution in [0.3, 0.4) is 0 Å². The van der Waals surface area contributed by atoms with Crippen LogP contribution < -0.4 is 0 Å². The molecule has 16 heavy (non-hydrogen) atoms. The maximum absolute atomic E-state index is 5.54. The summed E-state index contributed by atoms with van der Waals surface area (Å²) in [5.74, 6) is -0.972. The van der Waals surface area contributed by atoms with Gasteiger partial charge in [-0.2, -0.15) is 0 Å². The molecule has 0 aromatic heterocycles. The van der Waals surface area contributed by atoms with E-state index in [0.717, 1.165) is 16.9 Å². The molecule has 0 heterocycles. The molecule has 98 valence electrons. The van der Waals surface area contributed by atoms with Crippen molar-refractivity contribution < 1.29 is 23.4 Å². The predicted octanol–water partition coefficient (Wildman–Crippen LogP) is 0.0617. The molecule has 0 aliphatic rings. The Kier molecular flexibility index (Phi) is 9.10. The average Bonchev–Trinajstić information content (AvgIpc) is 2.32. The number of ether oxygens (including phenoxy) is 4. The maximum Gasteiger partial charge on any atom is 0.282 e. The van der Waals surface area contributed by atoms with Crippen molar-refractivity contribution in [2.45, 2.75) is 31.8 Å². The molecule has 1 unspecified atom stereocenters. The van der Waals surface area contributed by atoms with Gasteiger partial charge in [-0.15, -0.1) is 0 Å². The second kappa shape index (κ2) is 9.09. The molecule has 1 atom stereocenters. The minimum absolute atomic E-state index is 0.0716. The minimum Gasteiger partial charge on any atom is -0.425 e. The van der Waals surface area contributed by atoms with Crippen molar-refractivity contribution in [3.05, 3.63) is 0 Å². The van der Waals surface area contributed by atoms with Gasteiger partial charge in [0, 0.05) is 34.4 Å². The van der Waals surface area contributed by atoms with Crippen molar-refractivity contribution in [1.29, 1.82) is 0 Å². The van der Waals surface area contributed by atoms with Gasteiger partial charge in [-0.1, -0.05) is 0 Å². The van der Waals surface area contributed by atoms with Crippen molar-refractivity contribution in [3.8, 4) is 0 Å². The Morgan fingerprint density at radius 3 is 2.06 bits per heavy atom. The van der Waals surface area contributed by atoms with Crippen LogP contribution >= 0.6 is 0 Å². The van der Waals surface area contributed by atoms with Crippen LogP contribution in [0.2, 0.25) is 0 Å². The summed E-state index contributed by atoms with van der Waals surface area (Å²) in [7, 11) is 5.40. The Bertz CT molecular complexity index is 149. The first-order chi connectivity index (χ1) is 7.67. The van der Waals surface area contributed by atoms with Crippen LogP contribution in [0.25, 0.3) is 0 Å². The molecular weight excluding hydrogens is 228 g/mol. The molecule has 0 aromatic rings. The fourth-order valence-corrected chi connectivity index (χ4v) is 1.90. The molecule has 0 saturated carbocycles. The lowest BCUT2D eigenvalue weighted by Crippen LogP contribution is -2.37. The smallest absolute Gasteiger partial charge is 0.282 e. The predicted molar refractivity (Wildman–Crippen MR) is 64.3 cm³/mol. The van der Waals surface area contributed by atoms with E-state index in [0.29, 0.717) is 19.6 Å². The van der Waals surface area contributed by atoms with E-state index >= 15 is 0 Å². The summed E-state index contributed by atoms with van der Waals surface area (Å²) in [5, 5.41) is 0. The monoisotopic (exact) mass is 252 g/mol. The number of hydrogen-bond acceptors (Lipinski definition) is 5. The standard InChI is InChI=1S/C10H24O5Si/c1-5-14-9(8-15-16)6-7-10(11-2,12-3)13-4/h9H,5-8H2,1-4,16H3. The lowest BCUT2D eigenvalue weighted by Gasteiger charge is -2.30. The molecule has 6 heteroatoms. The first-order valence-corrected chi connectivity index (χ1v) is 6.25. The third-order valence-corrected chi connectivity index (χ3v) is 2.79. The van der Waals surface area contributed by atoms with Gasteiger partial charge >= 0.3 is 0 Å². The van der Waals surface area contributed by atoms with Gasteiger partial charge in [-0.05, 0) is 13.3 Å². The van der Waals surface area contributed by atoms with Gasteiger partial charge < -0.3 is 23.4 Å². The van der Waals surface area contributed by atoms with Crippen LogP contribution in [0.15, 0.2) is 0 Å². The zero-order valence-electron chi connectivity index (χ0n) is 10.9. The van der Waals surface area contributed by atoms with Crippen molar-refractivity contribution in [2.75, 3.05) is 34.5 Å². The van der Waals surface area contributed by atoms with E-state index in [1.165, 1.54) is 0 Å². The molecule has 0 fully saturated rings. The molecule has 0 spiro atoms. The largest absolute Gasteiger partial charge is 0.425 e. The van der Waals surface area contributed by atoms with E-state index in [-0.39, 0.29) is 6.10 Å². The third-order valence-electron chi connectivity index (χ3n) is 2.46. The first kappa shape index (κ1) is 16.0. The fraction of sp³-hybridized carbons (Fsp3) is 1.00. The highest BCUT2D eigenvalue weighted by Crippen LogP contribution is 2.21. The highest BCUT2D eigenvalue weighted by molar-refractivity contribution is 5.97. The second-order valence-corrected chi connectivity index (χ2v) is 3.94. The molecule has 0 aliphatic carbocycles. The lowest BCUT2D eigenvalue weighted by molar-refractivity contribution is -0.356. The summed E-state index contributed by atoms with van der Waals surface area (Å²) in [6.45, 7) is 3.26. The molecular formula is C10H24O5Si. The average molecular weight is 252 g/mol.